The van der Waals surface area contributed by atoms with Crippen LogP contribution in [-0.2, 0) is 15.9 Å². The van der Waals surface area contributed by atoms with Crippen molar-refractivity contribution in [1.82, 2.24) is 0 Å². The topological polar surface area (TPSA) is 18.5 Å². The molecule has 1 aliphatic heterocycles. The first-order valence-corrected chi connectivity index (χ1v) is 11.7. The zero-order valence-corrected chi connectivity index (χ0v) is 17.9. The highest BCUT2D eigenvalue weighted by atomic mass is 19.1. The van der Waals surface area contributed by atoms with Gasteiger partial charge in [0.2, 0.25) is 0 Å². The maximum absolute atomic E-state index is 14.5. The largest absolute Gasteiger partial charge is 0.348 e. The zero-order valence-electron chi connectivity index (χ0n) is 17.9. The molecule has 0 atom stereocenters. The summed E-state index contributed by atoms with van der Waals surface area (Å²) in [6, 6.07) is 5.53. The Bertz CT molecular complexity index is 572. The summed E-state index contributed by atoms with van der Waals surface area (Å²) in [5.41, 5.74) is 1.62. The summed E-state index contributed by atoms with van der Waals surface area (Å²) in [4.78, 5) is 0. The highest BCUT2D eigenvalue weighted by Crippen LogP contribution is 2.39. The number of halogens is 1. The average Bonchev–Trinajstić information content (AvgIpc) is 2.73. The molecule has 1 aromatic rings. The van der Waals surface area contributed by atoms with E-state index in [1.54, 1.807) is 6.07 Å². The molecule has 0 bridgehead atoms. The highest BCUT2D eigenvalue weighted by molar-refractivity contribution is 5.25. The van der Waals surface area contributed by atoms with Crippen molar-refractivity contribution in [3.05, 3.63) is 35.1 Å². The van der Waals surface area contributed by atoms with E-state index in [1.807, 2.05) is 12.1 Å². The standard InChI is InChI=1S/C25H39FO2/c1-3-5-7-9-19-10-13-21(14-11-19)22-17-27-25(28-18-22)23-15-12-20(8-6-4-2)16-24(23)26/h12,15-16,19,21-22,25H,3-11,13-14,17-18H2,1-2H3/t19-,21-,22?,25?. The first-order valence-electron chi connectivity index (χ1n) is 11.7. The number of hydrogen-bond acceptors (Lipinski definition) is 2. The predicted molar refractivity (Wildman–Crippen MR) is 113 cm³/mol. The lowest BCUT2D eigenvalue weighted by Gasteiger charge is -2.38. The van der Waals surface area contributed by atoms with Gasteiger partial charge in [0.15, 0.2) is 6.29 Å². The van der Waals surface area contributed by atoms with Crippen molar-refractivity contribution in [3.63, 3.8) is 0 Å². The van der Waals surface area contributed by atoms with Crippen LogP contribution in [-0.4, -0.2) is 13.2 Å². The van der Waals surface area contributed by atoms with Crippen LogP contribution in [0.2, 0.25) is 0 Å². The van der Waals surface area contributed by atoms with Crippen molar-refractivity contribution in [1.29, 1.82) is 0 Å². The lowest BCUT2D eigenvalue weighted by Crippen LogP contribution is -2.34. The molecule has 0 unspecified atom stereocenters. The molecule has 0 radical (unpaired) electrons. The van der Waals surface area contributed by atoms with Gasteiger partial charge in [0, 0.05) is 11.5 Å². The lowest BCUT2D eigenvalue weighted by atomic mass is 9.74. The Kier molecular flexibility index (Phi) is 8.79. The second kappa shape index (κ2) is 11.3. The minimum Gasteiger partial charge on any atom is -0.348 e. The van der Waals surface area contributed by atoms with Gasteiger partial charge < -0.3 is 9.47 Å². The van der Waals surface area contributed by atoms with Gasteiger partial charge in [-0.15, -0.1) is 0 Å². The Morgan fingerprint density at radius 2 is 1.61 bits per heavy atom. The molecule has 158 valence electrons. The van der Waals surface area contributed by atoms with E-state index < -0.39 is 6.29 Å². The van der Waals surface area contributed by atoms with E-state index in [0.29, 0.717) is 30.6 Å². The molecule has 1 saturated heterocycles. The van der Waals surface area contributed by atoms with Crippen molar-refractivity contribution in [2.75, 3.05) is 13.2 Å². The first kappa shape index (κ1) is 21.8. The summed E-state index contributed by atoms with van der Waals surface area (Å²) in [7, 11) is 0. The Labute approximate surface area is 171 Å². The molecular weight excluding hydrogens is 351 g/mol. The van der Waals surface area contributed by atoms with Crippen LogP contribution in [0.5, 0.6) is 0 Å². The molecule has 0 amide bonds. The monoisotopic (exact) mass is 390 g/mol. The van der Waals surface area contributed by atoms with E-state index in [9.17, 15) is 4.39 Å². The van der Waals surface area contributed by atoms with Crippen LogP contribution in [0.15, 0.2) is 18.2 Å². The van der Waals surface area contributed by atoms with Crippen molar-refractivity contribution in [2.45, 2.75) is 90.8 Å². The second-order valence-electron chi connectivity index (χ2n) is 8.99. The Balaban J connectivity index is 1.44. The van der Waals surface area contributed by atoms with Gasteiger partial charge in [-0.2, -0.15) is 0 Å². The summed E-state index contributed by atoms with van der Waals surface area (Å²) < 4.78 is 26.5. The van der Waals surface area contributed by atoms with Crippen LogP contribution >= 0.6 is 0 Å². The second-order valence-corrected chi connectivity index (χ2v) is 8.99. The average molecular weight is 391 g/mol. The summed E-state index contributed by atoms with van der Waals surface area (Å²) >= 11 is 0. The number of benzene rings is 1. The van der Waals surface area contributed by atoms with Crippen molar-refractivity contribution in [3.8, 4) is 0 Å². The Morgan fingerprint density at radius 3 is 2.25 bits per heavy atom. The van der Waals surface area contributed by atoms with Crippen LogP contribution < -0.4 is 0 Å². The van der Waals surface area contributed by atoms with Gasteiger partial charge in [-0.05, 0) is 49.1 Å². The molecule has 0 aromatic heterocycles. The van der Waals surface area contributed by atoms with Gasteiger partial charge in [-0.3, -0.25) is 0 Å². The maximum atomic E-state index is 14.5. The summed E-state index contributed by atoms with van der Waals surface area (Å²) in [5, 5.41) is 0. The van der Waals surface area contributed by atoms with Gasteiger partial charge in [0.1, 0.15) is 5.82 Å². The third-order valence-corrected chi connectivity index (χ3v) is 6.84. The number of rotatable bonds is 9. The third-order valence-electron chi connectivity index (χ3n) is 6.84. The Hall–Kier alpha value is -0.930. The van der Waals surface area contributed by atoms with Crippen LogP contribution in [0.25, 0.3) is 0 Å². The van der Waals surface area contributed by atoms with Gasteiger partial charge in [-0.25, -0.2) is 4.39 Å². The fourth-order valence-electron chi connectivity index (χ4n) is 4.90. The summed E-state index contributed by atoms with van der Waals surface area (Å²) in [6.45, 7) is 5.84. The van der Waals surface area contributed by atoms with Gasteiger partial charge in [0.25, 0.3) is 0 Å². The molecular formula is C25H39FO2. The van der Waals surface area contributed by atoms with Gasteiger partial charge in [0.05, 0.1) is 13.2 Å². The van der Waals surface area contributed by atoms with E-state index >= 15 is 0 Å². The number of aryl methyl sites for hydroxylation is 1. The third kappa shape index (κ3) is 6.03. The van der Waals surface area contributed by atoms with E-state index in [-0.39, 0.29) is 5.82 Å². The smallest absolute Gasteiger partial charge is 0.186 e. The summed E-state index contributed by atoms with van der Waals surface area (Å²) in [5.74, 6) is 1.93. The normalized spacial score (nSPS) is 28.4. The first-order chi connectivity index (χ1) is 13.7. The minimum absolute atomic E-state index is 0.190. The number of unbranched alkanes of at least 4 members (excludes halogenated alkanes) is 3. The zero-order chi connectivity index (χ0) is 19.8. The molecule has 3 rings (SSSR count). The number of ether oxygens (including phenoxy) is 2. The lowest BCUT2D eigenvalue weighted by molar-refractivity contribution is -0.215. The molecule has 2 nitrogen and oxygen atoms in total. The molecule has 1 heterocycles. The number of hydrogen-bond donors (Lipinski definition) is 0. The Morgan fingerprint density at radius 1 is 0.893 bits per heavy atom. The predicted octanol–water partition coefficient (Wildman–Crippen LogP) is 7.22. The van der Waals surface area contributed by atoms with E-state index in [2.05, 4.69) is 13.8 Å². The molecule has 1 aromatic carbocycles. The fourth-order valence-corrected chi connectivity index (χ4v) is 4.90. The molecule has 1 saturated carbocycles. The van der Waals surface area contributed by atoms with Gasteiger partial charge >= 0.3 is 0 Å². The van der Waals surface area contributed by atoms with E-state index in [4.69, 9.17) is 9.47 Å². The molecule has 0 spiro atoms. The van der Waals surface area contributed by atoms with E-state index in [0.717, 1.165) is 30.7 Å². The highest BCUT2D eigenvalue weighted by Gasteiger charge is 2.33. The van der Waals surface area contributed by atoms with Crippen molar-refractivity contribution < 1.29 is 13.9 Å². The van der Waals surface area contributed by atoms with E-state index in [1.165, 1.54) is 51.4 Å². The van der Waals surface area contributed by atoms with Crippen LogP contribution in [0.3, 0.4) is 0 Å². The van der Waals surface area contributed by atoms with Crippen LogP contribution in [0.1, 0.15) is 95.5 Å². The SMILES string of the molecule is CCCCC[C@H]1CC[C@H](C2COC(c3ccc(CCCC)cc3F)OC2)CC1. The molecule has 0 N–H and O–H groups in total. The molecule has 3 heteroatoms. The van der Waals surface area contributed by atoms with Crippen molar-refractivity contribution >= 4 is 0 Å². The molecule has 1 aliphatic carbocycles. The van der Waals surface area contributed by atoms with Crippen LogP contribution in [0.4, 0.5) is 4.39 Å². The minimum atomic E-state index is -0.540. The molecule has 2 fully saturated rings. The summed E-state index contributed by atoms with van der Waals surface area (Å²) in [6.07, 6.45) is 13.4. The van der Waals surface area contributed by atoms with Crippen LogP contribution in [0, 0.1) is 23.6 Å². The quantitative estimate of drug-likeness (QED) is 0.414. The van der Waals surface area contributed by atoms with Crippen molar-refractivity contribution in [2.24, 2.45) is 17.8 Å². The van der Waals surface area contributed by atoms with Gasteiger partial charge in [-0.1, -0.05) is 70.9 Å². The molecule has 2 aliphatic rings. The molecule has 28 heavy (non-hydrogen) atoms. The fraction of sp³-hybridized carbons (Fsp3) is 0.760. The maximum Gasteiger partial charge on any atom is 0.186 e.